The van der Waals surface area contributed by atoms with Crippen molar-refractivity contribution in [1.29, 1.82) is 0 Å². The molecule has 0 N–H and O–H groups in total. The molecule has 1 heterocycles. The molecule has 0 spiro atoms. The molecule has 0 saturated carbocycles. The van der Waals surface area contributed by atoms with Crippen molar-refractivity contribution in [2.24, 2.45) is 0 Å². The molecule has 0 atom stereocenters. The predicted octanol–water partition coefficient (Wildman–Crippen LogP) is 3.49. The van der Waals surface area contributed by atoms with Gasteiger partial charge in [0, 0.05) is 30.8 Å². The third kappa shape index (κ3) is 5.70. The van der Waals surface area contributed by atoms with Crippen LogP contribution in [-0.2, 0) is 6.54 Å². The standard InChI is InChI=1S/C10H11BrClF3N2/c11-2-4-17(7-10(13,14)15)6-8-1-3-16-5-9(8)12/h1,3,5H,2,4,6-7H2. The third-order valence-electron chi connectivity index (χ3n) is 2.05. The number of halogens is 5. The molecule has 17 heavy (non-hydrogen) atoms. The Morgan fingerprint density at radius 3 is 2.65 bits per heavy atom. The minimum atomic E-state index is -4.21. The molecule has 0 aromatic carbocycles. The monoisotopic (exact) mass is 330 g/mol. The van der Waals surface area contributed by atoms with Crippen LogP contribution in [0.1, 0.15) is 5.56 Å². The largest absolute Gasteiger partial charge is 0.401 e. The highest BCUT2D eigenvalue weighted by Gasteiger charge is 2.30. The van der Waals surface area contributed by atoms with Gasteiger partial charge in [0.2, 0.25) is 0 Å². The quantitative estimate of drug-likeness (QED) is 0.768. The van der Waals surface area contributed by atoms with Crippen molar-refractivity contribution in [2.75, 3.05) is 18.4 Å². The first kappa shape index (κ1) is 14.7. The molecule has 0 bridgehead atoms. The van der Waals surface area contributed by atoms with Crippen LogP contribution in [0, 0.1) is 0 Å². The first-order valence-electron chi connectivity index (χ1n) is 4.86. The minimum Gasteiger partial charge on any atom is -0.290 e. The summed E-state index contributed by atoms with van der Waals surface area (Å²) in [5.74, 6) is 0. The van der Waals surface area contributed by atoms with Crippen LogP contribution in [0.4, 0.5) is 13.2 Å². The molecular formula is C10H11BrClF3N2. The predicted molar refractivity (Wildman–Crippen MR) is 64.4 cm³/mol. The zero-order valence-corrected chi connectivity index (χ0v) is 11.2. The van der Waals surface area contributed by atoms with E-state index in [9.17, 15) is 13.2 Å². The third-order valence-corrected chi connectivity index (χ3v) is 2.75. The van der Waals surface area contributed by atoms with E-state index < -0.39 is 12.7 Å². The van der Waals surface area contributed by atoms with Crippen molar-refractivity contribution >= 4 is 27.5 Å². The summed E-state index contributed by atoms with van der Waals surface area (Å²) in [6, 6.07) is 1.62. The molecule has 0 aliphatic carbocycles. The van der Waals surface area contributed by atoms with E-state index in [4.69, 9.17) is 11.6 Å². The van der Waals surface area contributed by atoms with Gasteiger partial charge in [0.1, 0.15) is 0 Å². The van der Waals surface area contributed by atoms with Crippen molar-refractivity contribution in [3.8, 4) is 0 Å². The first-order valence-corrected chi connectivity index (χ1v) is 6.36. The van der Waals surface area contributed by atoms with E-state index in [2.05, 4.69) is 20.9 Å². The fourth-order valence-electron chi connectivity index (χ4n) is 1.36. The topological polar surface area (TPSA) is 16.1 Å². The van der Waals surface area contributed by atoms with E-state index in [1.807, 2.05) is 0 Å². The Morgan fingerprint density at radius 1 is 1.41 bits per heavy atom. The van der Waals surface area contributed by atoms with E-state index in [0.29, 0.717) is 22.5 Å². The molecule has 0 saturated heterocycles. The molecule has 0 amide bonds. The maximum absolute atomic E-state index is 12.3. The summed E-state index contributed by atoms with van der Waals surface area (Å²) >= 11 is 8.99. The highest BCUT2D eigenvalue weighted by molar-refractivity contribution is 9.09. The Hall–Kier alpha value is -0.330. The van der Waals surface area contributed by atoms with Crippen LogP contribution >= 0.6 is 27.5 Å². The summed E-state index contributed by atoms with van der Waals surface area (Å²) in [7, 11) is 0. The molecule has 96 valence electrons. The molecule has 0 fully saturated rings. The lowest BCUT2D eigenvalue weighted by Gasteiger charge is -2.23. The average molecular weight is 332 g/mol. The van der Waals surface area contributed by atoms with Crippen LogP contribution in [0.25, 0.3) is 0 Å². The van der Waals surface area contributed by atoms with Gasteiger partial charge in [-0.2, -0.15) is 13.2 Å². The Bertz CT molecular complexity index is 360. The summed E-state index contributed by atoms with van der Waals surface area (Å²) in [5, 5.41) is 0.862. The van der Waals surface area contributed by atoms with Crippen molar-refractivity contribution in [2.45, 2.75) is 12.7 Å². The van der Waals surface area contributed by atoms with Gasteiger partial charge in [0.25, 0.3) is 0 Å². The second-order valence-corrected chi connectivity index (χ2v) is 4.68. The average Bonchev–Trinajstić information content (AvgIpc) is 2.19. The Kier molecular flexibility index (Phi) is 5.69. The Morgan fingerprint density at radius 2 is 2.12 bits per heavy atom. The van der Waals surface area contributed by atoms with E-state index in [1.54, 1.807) is 6.07 Å². The maximum atomic E-state index is 12.3. The summed E-state index contributed by atoms with van der Waals surface area (Å²) in [6.45, 7) is -0.484. The SMILES string of the molecule is FC(F)(F)CN(CCBr)Cc1ccncc1Cl. The second-order valence-electron chi connectivity index (χ2n) is 3.48. The van der Waals surface area contributed by atoms with Gasteiger partial charge < -0.3 is 0 Å². The smallest absolute Gasteiger partial charge is 0.290 e. The zero-order chi connectivity index (χ0) is 12.9. The number of hydrogen-bond acceptors (Lipinski definition) is 2. The summed E-state index contributed by atoms with van der Waals surface area (Å²) in [6.07, 6.45) is -1.26. The molecule has 0 aliphatic rings. The van der Waals surface area contributed by atoms with Gasteiger partial charge in [0.05, 0.1) is 11.6 Å². The van der Waals surface area contributed by atoms with Crippen LogP contribution < -0.4 is 0 Å². The lowest BCUT2D eigenvalue weighted by Crippen LogP contribution is -2.35. The molecule has 0 aliphatic heterocycles. The number of nitrogens with zero attached hydrogens (tertiary/aromatic N) is 2. The number of aromatic nitrogens is 1. The second kappa shape index (κ2) is 6.56. The molecule has 0 radical (unpaired) electrons. The molecule has 2 nitrogen and oxygen atoms in total. The van der Waals surface area contributed by atoms with Crippen LogP contribution in [0.15, 0.2) is 18.5 Å². The summed E-state index contributed by atoms with van der Waals surface area (Å²) < 4.78 is 37.0. The molecule has 7 heteroatoms. The number of alkyl halides is 4. The summed E-state index contributed by atoms with van der Waals surface area (Å²) in [4.78, 5) is 5.08. The molecule has 1 rings (SSSR count). The van der Waals surface area contributed by atoms with Crippen molar-refractivity contribution in [3.63, 3.8) is 0 Å². The van der Waals surface area contributed by atoms with Gasteiger partial charge in [-0.3, -0.25) is 9.88 Å². The van der Waals surface area contributed by atoms with Crippen molar-refractivity contribution in [1.82, 2.24) is 9.88 Å². The van der Waals surface area contributed by atoms with Gasteiger partial charge in [-0.1, -0.05) is 27.5 Å². The van der Waals surface area contributed by atoms with Gasteiger partial charge >= 0.3 is 6.18 Å². The summed E-state index contributed by atoms with van der Waals surface area (Å²) in [5.41, 5.74) is 0.645. The number of rotatable bonds is 5. The van der Waals surface area contributed by atoms with Gasteiger partial charge in [-0.15, -0.1) is 0 Å². The van der Waals surface area contributed by atoms with Crippen molar-refractivity contribution < 1.29 is 13.2 Å². The van der Waals surface area contributed by atoms with Gasteiger partial charge in [0.15, 0.2) is 0 Å². The molecule has 1 aromatic heterocycles. The van der Waals surface area contributed by atoms with Crippen LogP contribution in [0.2, 0.25) is 5.02 Å². The Balaban J connectivity index is 2.70. The highest BCUT2D eigenvalue weighted by atomic mass is 79.9. The van der Waals surface area contributed by atoms with E-state index >= 15 is 0 Å². The zero-order valence-electron chi connectivity index (χ0n) is 8.84. The molecular weight excluding hydrogens is 320 g/mol. The van der Waals surface area contributed by atoms with E-state index in [1.165, 1.54) is 17.3 Å². The van der Waals surface area contributed by atoms with Crippen LogP contribution in [-0.4, -0.2) is 34.5 Å². The van der Waals surface area contributed by atoms with Gasteiger partial charge in [-0.25, -0.2) is 0 Å². The van der Waals surface area contributed by atoms with Crippen molar-refractivity contribution in [3.05, 3.63) is 29.0 Å². The van der Waals surface area contributed by atoms with E-state index in [0.717, 1.165) is 0 Å². The highest BCUT2D eigenvalue weighted by Crippen LogP contribution is 2.20. The number of pyridine rings is 1. The first-order chi connectivity index (χ1) is 7.92. The fourth-order valence-corrected chi connectivity index (χ4v) is 2.04. The fraction of sp³-hybridized carbons (Fsp3) is 0.500. The van der Waals surface area contributed by atoms with Crippen LogP contribution in [0.3, 0.4) is 0 Å². The lowest BCUT2D eigenvalue weighted by atomic mass is 10.2. The maximum Gasteiger partial charge on any atom is 0.401 e. The Labute approximate surface area is 111 Å². The molecule has 1 aromatic rings. The molecule has 0 unspecified atom stereocenters. The van der Waals surface area contributed by atoms with Crippen LogP contribution in [0.5, 0.6) is 0 Å². The normalized spacial score (nSPS) is 12.1. The number of hydrogen-bond donors (Lipinski definition) is 0. The van der Waals surface area contributed by atoms with Gasteiger partial charge in [-0.05, 0) is 11.6 Å². The lowest BCUT2D eigenvalue weighted by molar-refractivity contribution is -0.146. The minimum absolute atomic E-state index is 0.159. The van der Waals surface area contributed by atoms with E-state index in [-0.39, 0.29) is 6.54 Å².